The molecule has 0 amide bonds. The van der Waals surface area contributed by atoms with Crippen LogP contribution in [-0.4, -0.2) is 29.4 Å². The van der Waals surface area contributed by atoms with Crippen LogP contribution in [0, 0.1) is 6.92 Å². The van der Waals surface area contributed by atoms with E-state index < -0.39 is 30.6 Å². The van der Waals surface area contributed by atoms with E-state index in [1.54, 1.807) is 24.3 Å². The van der Waals surface area contributed by atoms with Crippen LogP contribution in [0.4, 0.5) is 26.3 Å². The quantitative estimate of drug-likeness (QED) is 0.462. The summed E-state index contributed by atoms with van der Waals surface area (Å²) in [7, 11) is 0. The zero-order valence-corrected chi connectivity index (χ0v) is 16.5. The number of hydrogen-bond donors (Lipinski definition) is 2. The lowest BCUT2D eigenvalue weighted by atomic mass is 10.0. The van der Waals surface area contributed by atoms with Gasteiger partial charge in [0.05, 0.1) is 11.8 Å². The molecule has 0 unspecified atom stereocenters. The SMILES string of the molecule is Cc1ccc(-c2cc([C@H](O)CNCCCC(F)(F)F)cc(C(F)(F)F)n2)cc1.S. The molecule has 0 radical (unpaired) electrons. The van der Waals surface area contributed by atoms with Gasteiger partial charge < -0.3 is 10.4 Å². The number of halogens is 6. The van der Waals surface area contributed by atoms with Crippen molar-refractivity contribution in [3.63, 3.8) is 0 Å². The Morgan fingerprint density at radius 1 is 1.03 bits per heavy atom. The smallest absolute Gasteiger partial charge is 0.387 e. The maximum absolute atomic E-state index is 13.2. The van der Waals surface area contributed by atoms with E-state index in [0.717, 1.165) is 11.6 Å². The molecule has 2 aromatic rings. The second kappa shape index (κ2) is 10.3. The molecule has 3 nitrogen and oxygen atoms in total. The first-order chi connectivity index (χ1) is 13.0. The molecule has 0 saturated heterocycles. The standard InChI is InChI=1S/C19H20F6N2O.H2S/c1-12-3-5-13(6-4-12)15-9-14(10-17(27-15)19(23,24)25)16(28)11-26-8-2-7-18(20,21)22;/h3-6,9-10,16,26,28H,2,7-8,11H2,1H3;1H2/t16-;/m1./s1. The van der Waals surface area contributed by atoms with Crippen LogP contribution in [0.3, 0.4) is 0 Å². The van der Waals surface area contributed by atoms with E-state index in [-0.39, 0.29) is 44.3 Å². The molecule has 2 rings (SSSR count). The third-order valence-corrected chi connectivity index (χ3v) is 4.02. The number of nitrogens with one attached hydrogen (secondary N) is 1. The van der Waals surface area contributed by atoms with Crippen molar-refractivity contribution in [2.45, 2.75) is 38.2 Å². The Kier molecular flexibility index (Phi) is 8.98. The maximum Gasteiger partial charge on any atom is 0.433 e. The average molecular weight is 440 g/mol. The van der Waals surface area contributed by atoms with Crippen LogP contribution < -0.4 is 5.32 Å². The summed E-state index contributed by atoms with van der Waals surface area (Å²) in [5, 5.41) is 12.8. The fourth-order valence-electron chi connectivity index (χ4n) is 2.53. The number of aliphatic hydroxyl groups excluding tert-OH is 1. The summed E-state index contributed by atoms with van der Waals surface area (Å²) < 4.78 is 75.9. The van der Waals surface area contributed by atoms with Gasteiger partial charge in [0.15, 0.2) is 0 Å². The highest BCUT2D eigenvalue weighted by Crippen LogP contribution is 2.32. The lowest BCUT2D eigenvalue weighted by Gasteiger charge is -2.16. The molecule has 0 fully saturated rings. The van der Waals surface area contributed by atoms with E-state index in [9.17, 15) is 31.4 Å². The number of nitrogens with zero attached hydrogens (tertiary/aromatic N) is 1. The van der Waals surface area contributed by atoms with Gasteiger partial charge in [0.2, 0.25) is 0 Å². The van der Waals surface area contributed by atoms with Gasteiger partial charge in [0, 0.05) is 18.5 Å². The van der Waals surface area contributed by atoms with Gasteiger partial charge >= 0.3 is 12.4 Å². The Hall–Kier alpha value is -1.78. The van der Waals surface area contributed by atoms with Crippen molar-refractivity contribution >= 4 is 13.5 Å². The summed E-state index contributed by atoms with van der Waals surface area (Å²) in [5.74, 6) is 0. The first-order valence-corrected chi connectivity index (χ1v) is 8.57. The molecule has 0 aliphatic heterocycles. The topological polar surface area (TPSA) is 45.1 Å². The fourth-order valence-corrected chi connectivity index (χ4v) is 2.53. The van der Waals surface area contributed by atoms with Crippen molar-refractivity contribution in [2.24, 2.45) is 0 Å². The molecule has 1 heterocycles. The van der Waals surface area contributed by atoms with Gasteiger partial charge in [-0.25, -0.2) is 4.98 Å². The van der Waals surface area contributed by atoms with Crippen molar-refractivity contribution in [3.05, 3.63) is 53.2 Å². The Morgan fingerprint density at radius 2 is 1.66 bits per heavy atom. The number of hydrogen-bond acceptors (Lipinski definition) is 3. The van der Waals surface area contributed by atoms with E-state index in [1.165, 1.54) is 6.07 Å². The highest BCUT2D eigenvalue weighted by Gasteiger charge is 2.34. The van der Waals surface area contributed by atoms with E-state index in [4.69, 9.17) is 0 Å². The van der Waals surface area contributed by atoms with E-state index in [0.29, 0.717) is 5.56 Å². The fraction of sp³-hybridized carbons (Fsp3) is 0.421. The molecule has 1 aromatic heterocycles. The van der Waals surface area contributed by atoms with Crippen LogP contribution in [0.25, 0.3) is 11.3 Å². The van der Waals surface area contributed by atoms with Crippen LogP contribution in [0.5, 0.6) is 0 Å². The first kappa shape index (κ1) is 25.3. The molecule has 0 bridgehead atoms. The van der Waals surface area contributed by atoms with Crippen molar-refractivity contribution in [3.8, 4) is 11.3 Å². The van der Waals surface area contributed by atoms with Crippen molar-refractivity contribution in [2.75, 3.05) is 13.1 Å². The van der Waals surface area contributed by atoms with E-state index >= 15 is 0 Å². The molecule has 29 heavy (non-hydrogen) atoms. The largest absolute Gasteiger partial charge is 0.433 e. The minimum absolute atomic E-state index is 0. The first-order valence-electron chi connectivity index (χ1n) is 8.57. The number of aromatic nitrogens is 1. The summed E-state index contributed by atoms with van der Waals surface area (Å²) >= 11 is 0. The Morgan fingerprint density at radius 3 is 2.21 bits per heavy atom. The van der Waals surface area contributed by atoms with Crippen molar-refractivity contribution in [1.82, 2.24) is 10.3 Å². The second-order valence-electron chi connectivity index (χ2n) is 6.47. The van der Waals surface area contributed by atoms with Gasteiger partial charge in [-0.2, -0.15) is 39.8 Å². The highest BCUT2D eigenvalue weighted by atomic mass is 32.1. The molecule has 10 heteroatoms. The normalized spacial score (nSPS) is 13.1. The third kappa shape index (κ3) is 8.23. The van der Waals surface area contributed by atoms with Gasteiger partial charge in [-0.15, -0.1) is 0 Å². The lowest BCUT2D eigenvalue weighted by molar-refractivity contribution is -0.141. The lowest BCUT2D eigenvalue weighted by Crippen LogP contribution is -2.24. The number of pyridine rings is 1. The third-order valence-electron chi connectivity index (χ3n) is 4.02. The second-order valence-corrected chi connectivity index (χ2v) is 6.47. The number of aliphatic hydroxyl groups is 1. The van der Waals surface area contributed by atoms with Gasteiger partial charge in [-0.05, 0) is 37.6 Å². The molecule has 0 aliphatic rings. The molecular formula is C19H22F6N2OS. The summed E-state index contributed by atoms with van der Waals surface area (Å²) in [6.07, 6.45) is -11.4. The van der Waals surface area contributed by atoms with Gasteiger partial charge in [-0.3, -0.25) is 0 Å². The predicted molar refractivity (Wildman–Crippen MR) is 103 cm³/mol. The number of alkyl halides is 6. The van der Waals surface area contributed by atoms with Crippen LogP contribution >= 0.6 is 13.5 Å². The summed E-state index contributed by atoms with van der Waals surface area (Å²) in [5.41, 5.74) is 0.293. The predicted octanol–water partition coefficient (Wildman–Crippen LogP) is 5.15. The summed E-state index contributed by atoms with van der Waals surface area (Å²) in [6, 6.07) is 8.82. The zero-order chi connectivity index (χ0) is 20.9. The monoisotopic (exact) mass is 440 g/mol. The van der Waals surface area contributed by atoms with Gasteiger partial charge in [-0.1, -0.05) is 29.8 Å². The molecule has 1 atom stereocenters. The van der Waals surface area contributed by atoms with Crippen molar-refractivity contribution in [1.29, 1.82) is 0 Å². The minimum Gasteiger partial charge on any atom is -0.387 e. The Labute approximate surface area is 171 Å². The van der Waals surface area contributed by atoms with Crippen LogP contribution in [0.2, 0.25) is 0 Å². The van der Waals surface area contributed by atoms with Crippen LogP contribution in [-0.2, 0) is 6.18 Å². The molecule has 2 N–H and O–H groups in total. The molecule has 1 aromatic carbocycles. The summed E-state index contributed by atoms with van der Waals surface area (Å²) in [6.45, 7) is 1.65. The molecular weight excluding hydrogens is 418 g/mol. The van der Waals surface area contributed by atoms with Crippen LogP contribution in [0.15, 0.2) is 36.4 Å². The zero-order valence-electron chi connectivity index (χ0n) is 15.5. The van der Waals surface area contributed by atoms with E-state index in [2.05, 4.69) is 10.3 Å². The Bertz CT molecular complexity index is 778. The molecule has 0 saturated carbocycles. The number of aryl methyl sites for hydroxylation is 1. The van der Waals surface area contributed by atoms with Gasteiger partial charge in [0.25, 0.3) is 0 Å². The maximum atomic E-state index is 13.2. The number of rotatable bonds is 7. The summed E-state index contributed by atoms with van der Waals surface area (Å²) in [4.78, 5) is 3.64. The molecule has 0 spiro atoms. The molecule has 162 valence electrons. The number of benzene rings is 1. The van der Waals surface area contributed by atoms with E-state index in [1.807, 2.05) is 6.92 Å². The minimum atomic E-state index is -4.70. The molecule has 0 aliphatic carbocycles. The van der Waals surface area contributed by atoms with Crippen molar-refractivity contribution < 1.29 is 31.4 Å². The van der Waals surface area contributed by atoms with Gasteiger partial charge in [0.1, 0.15) is 5.69 Å². The highest BCUT2D eigenvalue weighted by molar-refractivity contribution is 7.59. The Balaban J connectivity index is 0.00000420. The average Bonchev–Trinajstić information content (AvgIpc) is 2.59. The van der Waals surface area contributed by atoms with Crippen LogP contribution in [0.1, 0.15) is 35.8 Å².